The summed E-state index contributed by atoms with van der Waals surface area (Å²) in [6, 6.07) is 9.11. The number of ether oxygens (including phenoxy) is 1. The average Bonchev–Trinajstić information content (AvgIpc) is 2.57. The Balaban J connectivity index is 1.35. The van der Waals surface area contributed by atoms with Gasteiger partial charge >= 0.3 is 0 Å². The maximum absolute atomic E-state index is 5.56. The van der Waals surface area contributed by atoms with Crippen molar-refractivity contribution in [3.63, 3.8) is 0 Å². The quantitative estimate of drug-likeness (QED) is 0.717. The molecule has 130 valence electrons. The number of nitrogens with one attached hydrogen (secondary N) is 1. The summed E-state index contributed by atoms with van der Waals surface area (Å²) in [6.07, 6.45) is 10.8. The number of hydrogen-bond acceptors (Lipinski definition) is 2. The predicted molar refractivity (Wildman–Crippen MR) is 99.0 cm³/mol. The van der Waals surface area contributed by atoms with Gasteiger partial charge in [0, 0.05) is 12.6 Å². The molecule has 5 rings (SSSR count). The highest BCUT2D eigenvalue weighted by Crippen LogP contribution is 2.61. The van der Waals surface area contributed by atoms with Gasteiger partial charge in [-0.25, -0.2) is 0 Å². The molecule has 0 unspecified atom stereocenters. The van der Waals surface area contributed by atoms with Gasteiger partial charge in [-0.05, 0) is 86.3 Å². The maximum Gasteiger partial charge on any atom is 0.119 e. The second-order valence-corrected chi connectivity index (χ2v) is 8.63. The molecule has 4 aliphatic rings. The molecule has 0 spiro atoms. The lowest BCUT2D eigenvalue weighted by Crippen LogP contribution is -2.54. The van der Waals surface area contributed by atoms with Crippen molar-refractivity contribution < 1.29 is 4.74 Å². The lowest BCUT2D eigenvalue weighted by molar-refractivity contribution is -0.0706. The minimum Gasteiger partial charge on any atom is -0.490 e. The van der Waals surface area contributed by atoms with Gasteiger partial charge in [0.2, 0.25) is 0 Å². The molecule has 4 aliphatic carbocycles. The monoisotopic (exact) mass is 325 g/mol. The summed E-state index contributed by atoms with van der Waals surface area (Å²) in [7, 11) is 0. The van der Waals surface area contributed by atoms with Crippen LogP contribution < -0.4 is 10.1 Å². The first-order chi connectivity index (χ1) is 11.7. The lowest BCUT2D eigenvalue weighted by atomic mass is 9.48. The molecule has 2 nitrogen and oxygen atoms in total. The highest BCUT2D eigenvalue weighted by molar-refractivity contribution is 5.27. The van der Waals surface area contributed by atoms with E-state index < -0.39 is 0 Å². The first-order valence-electron chi connectivity index (χ1n) is 9.73. The van der Waals surface area contributed by atoms with Crippen molar-refractivity contribution in [3.05, 3.63) is 42.5 Å². The Kier molecular flexibility index (Phi) is 4.42. The number of rotatable bonds is 7. The van der Waals surface area contributed by atoms with Gasteiger partial charge in [0.05, 0.1) is 0 Å². The SMILES string of the molecule is C=CCOc1ccc(CN[C@H](C)C23CC4CC(CC(C4)C2)C3)cc1. The Morgan fingerprint density at radius 2 is 1.71 bits per heavy atom. The van der Waals surface area contributed by atoms with Gasteiger partial charge in [-0.15, -0.1) is 0 Å². The van der Waals surface area contributed by atoms with Gasteiger partial charge in [0.15, 0.2) is 0 Å². The van der Waals surface area contributed by atoms with E-state index in [1.165, 1.54) is 44.1 Å². The molecule has 0 saturated heterocycles. The van der Waals surface area contributed by atoms with E-state index in [2.05, 4.69) is 43.1 Å². The smallest absolute Gasteiger partial charge is 0.119 e. The van der Waals surface area contributed by atoms with Crippen molar-refractivity contribution in [2.45, 2.75) is 58.0 Å². The largest absolute Gasteiger partial charge is 0.490 e. The molecule has 1 aromatic carbocycles. The van der Waals surface area contributed by atoms with Crippen molar-refractivity contribution in [3.8, 4) is 5.75 Å². The molecule has 0 radical (unpaired) electrons. The van der Waals surface area contributed by atoms with Gasteiger partial charge in [-0.2, -0.15) is 0 Å². The Labute approximate surface area is 146 Å². The molecule has 0 amide bonds. The molecule has 0 heterocycles. The lowest BCUT2D eigenvalue weighted by Gasteiger charge is -2.59. The third-order valence-electron chi connectivity index (χ3n) is 6.91. The average molecular weight is 325 g/mol. The van der Waals surface area contributed by atoms with Crippen LogP contribution in [-0.2, 0) is 6.54 Å². The summed E-state index contributed by atoms with van der Waals surface area (Å²) in [6.45, 7) is 7.66. The van der Waals surface area contributed by atoms with E-state index in [1.54, 1.807) is 6.08 Å². The van der Waals surface area contributed by atoms with E-state index in [4.69, 9.17) is 4.74 Å². The van der Waals surface area contributed by atoms with Gasteiger partial charge < -0.3 is 10.1 Å². The molecule has 4 saturated carbocycles. The van der Waals surface area contributed by atoms with Gasteiger partial charge in [0.1, 0.15) is 12.4 Å². The van der Waals surface area contributed by atoms with Crippen LogP contribution >= 0.6 is 0 Å². The predicted octanol–water partition coefficient (Wildman–Crippen LogP) is 4.95. The van der Waals surface area contributed by atoms with E-state index in [-0.39, 0.29) is 0 Å². The Morgan fingerprint density at radius 1 is 1.12 bits per heavy atom. The first kappa shape index (κ1) is 16.2. The number of hydrogen-bond donors (Lipinski definition) is 1. The third-order valence-corrected chi connectivity index (χ3v) is 6.91. The zero-order valence-corrected chi connectivity index (χ0v) is 15.0. The third kappa shape index (κ3) is 3.13. The molecular formula is C22H31NO. The Hall–Kier alpha value is -1.28. The summed E-state index contributed by atoms with van der Waals surface area (Å²) in [5.41, 5.74) is 1.93. The van der Waals surface area contributed by atoms with Crippen LogP contribution in [0.2, 0.25) is 0 Å². The highest BCUT2D eigenvalue weighted by atomic mass is 16.5. The van der Waals surface area contributed by atoms with Gasteiger partial charge in [-0.3, -0.25) is 0 Å². The fourth-order valence-corrected chi connectivity index (χ4v) is 6.05. The standard InChI is InChI=1S/C22H31NO/c1-3-8-24-21-6-4-17(5-7-21)15-23-16(2)22-12-18-9-19(13-22)11-20(10-18)14-22/h3-7,16,18-20,23H,1,8-15H2,2H3/t16-,18?,19?,20?,22?/m1/s1. The summed E-state index contributed by atoms with van der Waals surface area (Å²) in [5, 5.41) is 3.86. The van der Waals surface area contributed by atoms with Gasteiger partial charge in [-0.1, -0.05) is 24.8 Å². The van der Waals surface area contributed by atoms with Crippen molar-refractivity contribution in [2.24, 2.45) is 23.2 Å². The summed E-state index contributed by atoms with van der Waals surface area (Å²) in [5.74, 6) is 4.01. The molecule has 0 aromatic heterocycles. The Bertz CT molecular complexity index is 541. The van der Waals surface area contributed by atoms with E-state index in [0.717, 1.165) is 30.0 Å². The van der Waals surface area contributed by atoms with Crippen molar-refractivity contribution in [1.29, 1.82) is 0 Å². The van der Waals surface area contributed by atoms with Crippen LogP contribution in [0.25, 0.3) is 0 Å². The molecule has 24 heavy (non-hydrogen) atoms. The molecule has 0 aliphatic heterocycles. The molecular weight excluding hydrogens is 294 g/mol. The van der Waals surface area contributed by atoms with Crippen LogP contribution in [0.4, 0.5) is 0 Å². The van der Waals surface area contributed by atoms with Crippen LogP contribution in [0.5, 0.6) is 5.75 Å². The minimum atomic E-state index is 0.570. The summed E-state index contributed by atoms with van der Waals surface area (Å²) in [4.78, 5) is 0. The summed E-state index contributed by atoms with van der Waals surface area (Å²) < 4.78 is 5.56. The molecule has 4 fully saturated rings. The fraction of sp³-hybridized carbons (Fsp3) is 0.636. The molecule has 4 bridgehead atoms. The fourth-order valence-electron chi connectivity index (χ4n) is 6.05. The maximum atomic E-state index is 5.56. The highest BCUT2D eigenvalue weighted by Gasteiger charge is 2.52. The van der Waals surface area contributed by atoms with E-state index in [9.17, 15) is 0 Å². The zero-order chi connectivity index (χ0) is 16.6. The van der Waals surface area contributed by atoms with Crippen LogP contribution in [0.3, 0.4) is 0 Å². The van der Waals surface area contributed by atoms with Gasteiger partial charge in [0.25, 0.3) is 0 Å². The zero-order valence-electron chi connectivity index (χ0n) is 15.0. The number of benzene rings is 1. The topological polar surface area (TPSA) is 21.3 Å². The molecule has 1 aromatic rings. The Morgan fingerprint density at radius 3 is 2.25 bits per heavy atom. The van der Waals surface area contributed by atoms with E-state index in [1.807, 2.05) is 0 Å². The molecule has 2 heteroatoms. The summed E-state index contributed by atoms with van der Waals surface area (Å²) >= 11 is 0. The van der Waals surface area contributed by atoms with Crippen molar-refractivity contribution in [2.75, 3.05) is 6.61 Å². The van der Waals surface area contributed by atoms with Crippen LogP contribution in [0, 0.1) is 23.2 Å². The molecule has 1 atom stereocenters. The van der Waals surface area contributed by atoms with Crippen molar-refractivity contribution in [1.82, 2.24) is 5.32 Å². The molecule has 1 N–H and O–H groups in total. The van der Waals surface area contributed by atoms with Crippen LogP contribution in [-0.4, -0.2) is 12.6 Å². The van der Waals surface area contributed by atoms with Crippen molar-refractivity contribution >= 4 is 0 Å². The second-order valence-electron chi connectivity index (χ2n) is 8.63. The first-order valence-corrected chi connectivity index (χ1v) is 9.73. The minimum absolute atomic E-state index is 0.570. The second kappa shape index (κ2) is 6.55. The van der Waals surface area contributed by atoms with E-state index >= 15 is 0 Å². The normalized spacial score (nSPS) is 35.0. The van der Waals surface area contributed by atoms with E-state index in [0.29, 0.717) is 18.1 Å². The van der Waals surface area contributed by atoms with Crippen LogP contribution in [0.1, 0.15) is 51.0 Å². The van der Waals surface area contributed by atoms with Crippen LogP contribution in [0.15, 0.2) is 36.9 Å².